The number of hydrogen-bond donors (Lipinski definition) is 0. The van der Waals surface area contributed by atoms with Crippen molar-refractivity contribution < 1.29 is 8.83 Å². The first-order valence-corrected chi connectivity index (χ1v) is 16.0. The maximum absolute atomic E-state index is 6.68. The van der Waals surface area contributed by atoms with Crippen LogP contribution in [-0.4, -0.2) is 4.57 Å². The monoisotopic (exact) mass is 599 g/mol. The molecule has 0 N–H and O–H groups in total. The molecule has 0 spiro atoms. The Morgan fingerprint density at radius 1 is 0.383 bits per heavy atom. The second kappa shape index (κ2) is 9.12. The van der Waals surface area contributed by atoms with Gasteiger partial charge in [0, 0.05) is 32.6 Å². The first kappa shape index (κ1) is 24.9. The van der Waals surface area contributed by atoms with E-state index in [4.69, 9.17) is 8.83 Å². The highest BCUT2D eigenvalue weighted by Crippen LogP contribution is 2.43. The van der Waals surface area contributed by atoms with Gasteiger partial charge in [-0.2, -0.15) is 0 Å². The molecule has 3 aromatic heterocycles. The zero-order chi connectivity index (χ0) is 30.6. The fourth-order valence-electron chi connectivity index (χ4n) is 7.88. The normalized spacial score (nSPS) is 12.3. The molecule has 3 heteroatoms. The van der Waals surface area contributed by atoms with Crippen molar-refractivity contribution in [2.24, 2.45) is 0 Å². The summed E-state index contributed by atoms with van der Waals surface area (Å²) in [5.41, 5.74) is 9.27. The van der Waals surface area contributed by atoms with E-state index in [2.05, 4.69) is 156 Å². The van der Waals surface area contributed by atoms with Crippen LogP contribution >= 0.6 is 0 Å². The number of nitrogens with zero attached hydrogens (tertiary/aromatic N) is 1. The second-order valence-electron chi connectivity index (χ2n) is 12.5. The van der Waals surface area contributed by atoms with Crippen molar-refractivity contribution in [2.75, 3.05) is 0 Å². The zero-order valence-electron chi connectivity index (χ0n) is 25.2. The minimum absolute atomic E-state index is 0.828. The summed E-state index contributed by atoms with van der Waals surface area (Å²) in [5, 5.41) is 11.8. The minimum Gasteiger partial charge on any atom is -0.456 e. The largest absolute Gasteiger partial charge is 0.456 e. The Balaban J connectivity index is 1.16. The number of fused-ring (bicyclic) bond motifs is 13. The maximum Gasteiger partial charge on any atom is 0.147 e. The average Bonchev–Trinajstić information content (AvgIpc) is 3.80. The van der Waals surface area contributed by atoms with Crippen LogP contribution < -0.4 is 0 Å². The molecule has 218 valence electrons. The second-order valence-corrected chi connectivity index (χ2v) is 12.5. The van der Waals surface area contributed by atoms with E-state index in [1.807, 2.05) is 0 Å². The molecule has 47 heavy (non-hydrogen) atoms. The quantitative estimate of drug-likeness (QED) is 0.185. The summed E-state index contributed by atoms with van der Waals surface area (Å²) in [4.78, 5) is 0. The summed E-state index contributed by atoms with van der Waals surface area (Å²) < 4.78 is 15.5. The molecule has 0 amide bonds. The van der Waals surface area contributed by atoms with Gasteiger partial charge in [-0.15, -0.1) is 0 Å². The van der Waals surface area contributed by atoms with Gasteiger partial charge in [0.2, 0.25) is 0 Å². The average molecular weight is 600 g/mol. The van der Waals surface area contributed by atoms with Crippen LogP contribution in [-0.2, 0) is 0 Å². The van der Waals surface area contributed by atoms with Crippen molar-refractivity contribution >= 4 is 87.2 Å². The topological polar surface area (TPSA) is 31.2 Å². The summed E-state index contributed by atoms with van der Waals surface area (Å²) in [7, 11) is 0. The van der Waals surface area contributed by atoms with E-state index in [0.717, 1.165) is 55.1 Å². The summed E-state index contributed by atoms with van der Waals surface area (Å²) in [6, 6.07) is 54.2. The molecule has 0 atom stereocenters. The van der Waals surface area contributed by atoms with E-state index in [1.54, 1.807) is 0 Å². The molecule has 0 fully saturated rings. The summed E-state index contributed by atoms with van der Waals surface area (Å²) in [6.07, 6.45) is 0. The first-order chi connectivity index (χ1) is 23.3. The third kappa shape index (κ3) is 3.40. The summed E-state index contributed by atoms with van der Waals surface area (Å²) in [6.45, 7) is 0. The van der Waals surface area contributed by atoms with Crippen LogP contribution in [0.2, 0.25) is 0 Å². The molecule has 3 heterocycles. The molecule has 0 radical (unpaired) electrons. The van der Waals surface area contributed by atoms with Gasteiger partial charge >= 0.3 is 0 Å². The van der Waals surface area contributed by atoms with Crippen LogP contribution in [0.25, 0.3) is 104 Å². The molecule has 0 aliphatic carbocycles. The molecular weight excluding hydrogens is 574 g/mol. The lowest BCUT2D eigenvalue weighted by atomic mass is 9.92. The van der Waals surface area contributed by atoms with Crippen LogP contribution in [0.5, 0.6) is 0 Å². The molecule has 0 bridgehead atoms. The van der Waals surface area contributed by atoms with E-state index in [1.165, 1.54) is 48.9 Å². The molecular formula is C44H25NO2. The van der Waals surface area contributed by atoms with Gasteiger partial charge in [0.1, 0.15) is 22.3 Å². The Kier molecular flexibility index (Phi) is 4.84. The highest BCUT2D eigenvalue weighted by molar-refractivity contribution is 6.23. The van der Waals surface area contributed by atoms with Crippen LogP contribution in [0.4, 0.5) is 0 Å². The lowest BCUT2D eigenvalue weighted by Gasteiger charge is -2.11. The fraction of sp³-hybridized carbons (Fsp3) is 0. The van der Waals surface area contributed by atoms with Gasteiger partial charge in [-0.3, -0.25) is 0 Å². The molecule has 11 rings (SSSR count). The standard InChI is InChI=1S/C44H25NO2/c1-2-10-29-26(9-1)23-35(31-12-4-3-11-30(29)31)27-17-20-41-37(24-27)43-42(46-41)22-19-34-36-25-28(18-21-40(36)47-44(34)43)45-38-15-7-5-13-32(38)33-14-6-8-16-39(33)45/h1-25H. The van der Waals surface area contributed by atoms with Gasteiger partial charge in [0.25, 0.3) is 0 Å². The van der Waals surface area contributed by atoms with Crippen LogP contribution in [0.15, 0.2) is 160 Å². The van der Waals surface area contributed by atoms with Gasteiger partial charge in [-0.05, 0) is 93.3 Å². The number of aromatic nitrogens is 1. The van der Waals surface area contributed by atoms with Gasteiger partial charge in [-0.1, -0.05) is 91.0 Å². The Labute approximate surface area is 268 Å². The zero-order valence-corrected chi connectivity index (χ0v) is 25.2. The highest BCUT2D eigenvalue weighted by Gasteiger charge is 2.19. The van der Waals surface area contributed by atoms with E-state index < -0.39 is 0 Å². The van der Waals surface area contributed by atoms with Crippen LogP contribution in [0.3, 0.4) is 0 Å². The predicted octanol–water partition coefficient (Wildman–Crippen LogP) is 12.6. The van der Waals surface area contributed by atoms with E-state index in [0.29, 0.717) is 0 Å². The number of rotatable bonds is 2. The first-order valence-electron chi connectivity index (χ1n) is 16.0. The Bertz CT molecular complexity index is 3030. The van der Waals surface area contributed by atoms with E-state index in [-0.39, 0.29) is 0 Å². The summed E-state index contributed by atoms with van der Waals surface area (Å²) >= 11 is 0. The third-order valence-electron chi connectivity index (χ3n) is 9.97. The number of furan rings is 2. The Morgan fingerprint density at radius 2 is 1.02 bits per heavy atom. The molecule has 0 saturated heterocycles. The van der Waals surface area contributed by atoms with Gasteiger partial charge < -0.3 is 13.4 Å². The highest BCUT2D eigenvalue weighted by atomic mass is 16.3. The van der Waals surface area contributed by atoms with Gasteiger partial charge in [0.05, 0.1) is 16.4 Å². The van der Waals surface area contributed by atoms with Crippen molar-refractivity contribution in [2.45, 2.75) is 0 Å². The van der Waals surface area contributed by atoms with Crippen molar-refractivity contribution in [1.82, 2.24) is 4.57 Å². The van der Waals surface area contributed by atoms with Crippen LogP contribution in [0, 0.1) is 0 Å². The van der Waals surface area contributed by atoms with Crippen molar-refractivity contribution in [3.8, 4) is 16.8 Å². The molecule has 11 aromatic rings. The number of hydrogen-bond acceptors (Lipinski definition) is 2. The Hall–Kier alpha value is -6.32. The summed E-state index contributed by atoms with van der Waals surface area (Å²) in [5.74, 6) is 0. The van der Waals surface area contributed by atoms with E-state index >= 15 is 0 Å². The van der Waals surface area contributed by atoms with E-state index in [9.17, 15) is 0 Å². The van der Waals surface area contributed by atoms with Crippen LogP contribution in [0.1, 0.15) is 0 Å². The molecule has 3 nitrogen and oxygen atoms in total. The molecule has 0 saturated carbocycles. The van der Waals surface area contributed by atoms with Crippen molar-refractivity contribution in [1.29, 1.82) is 0 Å². The number of para-hydroxylation sites is 2. The fourth-order valence-corrected chi connectivity index (χ4v) is 7.88. The Morgan fingerprint density at radius 3 is 1.83 bits per heavy atom. The molecule has 8 aromatic carbocycles. The van der Waals surface area contributed by atoms with Gasteiger partial charge in [-0.25, -0.2) is 0 Å². The minimum atomic E-state index is 0.828. The smallest absolute Gasteiger partial charge is 0.147 e. The predicted molar refractivity (Wildman–Crippen MR) is 196 cm³/mol. The SMILES string of the molecule is c1ccc2c(c1)cc(-c1ccc3oc4ccc5c6cc(-n7c8ccccc8c8ccccc87)ccc6oc5c4c3c1)c1ccccc12. The van der Waals surface area contributed by atoms with Crippen molar-refractivity contribution in [3.05, 3.63) is 152 Å². The number of benzene rings is 8. The lowest BCUT2D eigenvalue weighted by Crippen LogP contribution is -1.93. The van der Waals surface area contributed by atoms with Gasteiger partial charge in [0.15, 0.2) is 0 Å². The third-order valence-corrected chi connectivity index (χ3v) is 9.97. The molecule has 0 unspecified atom stereocenters. The van der Waals surface area contributed by atoms with Crippen molar-refractivity contribution in [3.63, 3.8) is 0 Å². The molecule has 0 aliphatic heterocycles. The molecule has 0 aliphatic rings. The lowest BCUT2D eigenvalue weighted by molar-refractivity contribution is 0.663. The maximum atomic E-state index is 6.68.